The summed E-state index contributed by atoms with van der Waals surface area (Å²) in [7, 11) is 0. The number of ether oxygens (including phenoxy) is 2. The monoisotopic (exact) mass is 450 g/mol. The first-order chi connectivity index (χ1) is 15.8. The number of aryl methyl sites for hydroxylation is 1. The van der Waals surface area contributed by atoms with Gasteiger partial charge in [-0.05, 0) is 42.3 Å². The molecule has 0 aliphatic carbocycles. The van der Waals surface area contributed by atoms with Crippen LogP contribution in [0.15, 0.2) is 71.8 Å². The minimum absolute atomic E-state index is 0.152. The van der Waals surface area contributed by atoms with Gasteiger partial charge in [0.1, 0.15) is 11.5 Å². The maximum absolute atomic E-state index is 11.9. The fourth-order valence-corrected chi connectivity index (χ4v) is 2.71. The summed E-state index contributed by atoms with van der Waals surface area (Å²) in [6.45, 7) is 1.65. The molecule has 0 bridgehead atoms. The second-order valence-electron chi connectivity index (χ2n) is 6.69. The first-order valence-corrected chi connectivity index (χ1v) is 9.54. The van der Waals surface area contributed by atoms with Crippen molar-refractivity contribution in [1.82, 2.24) is 5.43 Å². The standard InChI is InChI=1S/C22H18N4O7/c1-15-5-2-3-8-20(15)32-14-22(27)24-23-13-16-6-4-7-18(11-16)33-21-10-9-17(25(28)29)12-19(21)26(30)31/h2-13H,14H2,1H3,(H,24,27)/b23-13-. The van der Waals surface area contributed by atoms with Crippen LogP contribution in [-0.4, -0.2) is 28.6 Å². The quantitative estimate of drug-likeness (QED) is 0.293. The molecule has 0 fully saturated rings. The van der Waals surface area contributed by atoms with E-state index in [9.17, 15) is 25.0 Å². The summed E-state index contributed by atoms with van der Waals surface area (Å²) in [5, 5.41) is 26.0. The molecule has 0 spiro atoms. The molecule has 11 heteroatoms. The smallest absolute Gasteiger partial charge is 0.318 e. The van der Waals surface area contributed by atoms with Crippen LogP contribution in [0.25, 0.3) is 0 Å². The predicted octanol–water partition coefficient (Wildman–Crippen LogP) is 4.13. The van der Waals surface area contributed by atoms with Gasteiger partial charge >= 0.3 is 5.69 Å². The molecular formula is C22H18N4O7. The second-order valence-corrected chi connectivity index (χ2v) is 6.69. The molecule has 0 aliphatic rings. The van der Waals surface area contributed by atoms with Crippen LogP contribution in [0.5, 0.6) is 17.2 Å². The summed E-state index contributed by atoms with van der Waals surface area (Å²) in [6.07, 6.45) is 1.36. The number of non-ortho nitro benzene ring substituents is 1. The number of rotatable bonds is 9. The van der Waals surface area contributed by atoms with Crippen molar-refractivity contribution in [2.45, 2.75) is 6.92 Å². The Kier molecular flexibility index (Phi) is 7.27. The van der Waals surface area contributed by atoms with Gasteiger partial charge < -0.3 is 9.47 Å². The molecule has 0 unspecified atom stereocenters. The highest BCUT2D eigenvalue weighted by atomic mass is 16.6. The molecule has 0 radical (unpaired) electrons. The predicted molar refractivity (Wildman–Crippen MR) is 119 cm³/mol. The van der Waals surface area contributed by atoms with Crippen molar-refractivity contribution in [3.05, 3.63) is 98.1 Å². The molecule has 0 aromatic heterocycles. The molecule has 0 saturated heterocycles. The number of hydrogen-bond acceptors (Lipinski definition) is 8. The number of amides is 1. The van der Waals surface area contributed by atoms with Gasteiger partial charge in [-0.3, -0.25) is 25.0 Å². The highest BCUT2D eigenvalue weighted by Gasteiger charge is 2.21. The summed E-state index contributed by atoms with van der Waals surface area (Å²) < 4.78 is 11.0. The Labute approximate surface area is 187 Å². The number of carbonyl (C=O) groups excluding carboxylic acids is 1. The first-order valence-electron chi connectivity index (χ1n) is 9.54. The number of hydrogen-bond donors (Lipinski definition) is 1. The number of para-hydroxylation sites is 1. The molecule has 3 aromatic rings. The van der Waals surface area contributed by atoms with Crippen LogP contribution in [0.4, 0.5) is 11.4 Å². The summed E-state index contributed by atoms with van der Waals surface area (Å²) >= 11 is 0. The molecule has 3 rings (SSSR count). The zero-order valence-electron chi connectivity index (χ0n) is 17.3. The number of nitrogens with zero attached hydrogens (tertiary/aromatic N) is 3. The average molecular weight is 450 g/mol. The van der Waals surface area contributed by atoms with Crippen LogP contribution in [0, 0.1) is 27.2 Å². The lowest BCUT2D eigenvalue weighted by Gasteiger charge is -2.07. The molecule has 1 amide bonds. The maximum Gasteiger partial charge on any atom is 0.318 e. The Hall–Kier alpha value is -4.80. The van der Waals surface area contributed by atoms with Gasteiger partial charge in [-0.25, -0.2) is 5.43 Å². The Morgan fingerprint density at radius 1 is 1.00 bits per heavy atom. The maximum atomic E-state index is 11.9. The molecular weight excluding hydrogens is 432 g/mol. The minimum Gasteiger partial charge on any atom is -0.483 e. The van der Waals surface area contributed by atoms with Crippen LogP contribution < -0.4 is 14.9 Å². The van der Waals surface area contributed by atoms with Crippen molar-refractivity contribution in [2.75, 3.05) is 6.61 Å². The second kappa shape index (κ2) is 10.5. The van der Waals surface area contributed by atoms with E-state index in [0.717, 1.165) is 23.8 Å². The molecule has 0 aliphatic heterocycles. The third kappa shape index (κ3) is 6.34. The topological polar surface area (TPSA) is 146 Å². The van der Waals surface area contributed by atoms with Gasteiger partial charge in [-0.1, -0.05) is 30.3 Å². The Balaban J connectivity index is 1.62. The van der Waals surface area contributed by atoms with Crippen LogP contribution in [0.3, 0.4) is 0 Å². The average Bonchev–Trinajstić information content (AvgIpc) is 2.79. The molecule has 168 valence electrons. The van der Waals surface area contributed by atoms with E-state index >= 15 is 0 Å². The first kappa shape index (κ1) is 22.9. The Morgan fingerprint density at radius 3 is 2.52 bits per heavy atom. The zero-order chi connectivity index (χ0) is 23.8. The Morgan fingerprint density at radius 2 is 1.79 bits per heavy atom. The third-order valence-corrected chi connectivity index (χ3v) is 4.29. The lowest BCUT2D eigenvalue weighted by atomic mass is 10.2. The number of hydrazone groups is 1. The van der Waals surface area contributed by atoms with Crippen molar-refractivity contribution in [1.29, 1.82) is 0 Å². The van der Waals surface area contributed by atoms with E-state index in [2.05, 4.69) is 10.5 Å². The summed E-state index contributed by atoms with van der Waals surface area (Å²) in [6, 6.07) is 16.8. The van der Waals surface area contributed by atoms with E-state index < -0.39 is 27.1 Å². The van der Waals surface area contributed by atoms with E-state index in [1.807, 2.05) is 19.1 Å². The highest BCUT2D eigenvalue weighted by Crippen LogP contribution is 2.34. The fourth-order valence-electron chi connectivity index (χ4n) is 2.71. The normalized spacial score (nSPS) is 10.6. The molecule has 33 heavy (non-hydrogen) atoms. The van der Waals surface area contributed by atoms with Gasteiger partial charge in [0, 0.05) is 6.07 Å². The van der Waals surface area contributed by atoms with E-state index in [0.29, 0.717) is 11.3 Å². The zero-order valence-corrected chi connectivity index (χ0v) is 17.3. The summed E-state index contributed by atoms with van der Waals surface area (Å²) in [4.78, 5) is 32.5. The lowest BCUT2D eigenvalue weighted by molar-refractivity contribution is -0.394. The minimum atomic E-state index is -0.762. The van der Waals surface area contributed by atoms with Crippen LogP contribution in [0.2, 0.25) is 0 Å². The van der Waals surface area contributed by atoms with Crippen molar-refractivity contribution >= 4 is 23.5 Å². The summed E-state index contributed by atoms with van der Waals surface area (Å²) in [5.74, 6) is 0.233. The van der Waals surface area contributed by atoms with E-state index in [4.69, 9.17) is 9.47 Å². The van der Waals surface area contributed by atoms with Crippen LogP contribution >= 0.6 is 0 Å². The molecule has 0 atom stereocenters. The highest BCUT2D eigenvalue weighted by molar-refractivity contribution is 5.83. The van der Waals surface area contributed by atoms with Crippen molar-refractivity contribution in [3.8, 4) is 17.2 Å². The van der Waals surface area contributed by atoms with Gasteiger partial charge in [0.15, 0.2) is 6.61 Å². The van der Waals surface area contributed by atoms with E-state index in [1.54, 1.807) is 30.3 Å². The van der Waals surface area contributed by atoms with Crippen molar-refractivity contribution in [2.24, 2.45) is 5.10 Å². The van der Waals surface area contributed by atoms with Crippen LogP contribution in [-0.2, 0) is 4.79 Å². The van der Waals surface area contributed by atoms with Gasteiger partial charge in [0.2, 0.25) is 5.75 Å². The van der Waals surface area contributed by atoms with E-state index in [1.165, 1.54) is 12.3 Å². The largest absolute Gasteiger partial charge is 0.483 e. The van der Waals surface area contributed by atoms with E-state index in [-0.39, 0.29) is 18.1 Å². The SMILES string of the molecule is Cc1ccccc1OCC(=O)N/N=C\c1cccc(Oc2ccc([N+](=O)[O-])cc2[N+](=O)[O-])c1. The molecule has 0 saturated carbocycles. The van der Waals surface area contributed by atoms with Crippen LogP contribution in [0.1, 0.15) is 11.1 Å². The van der Waals surface area contributed by atoms with Gasteiger partial charge in [0.25, 0.3) is 11.6 Å². The third-order valence-electron chi connectivity index (χ3n) is 4.29. The number of carbonyl (C=O) groups is 1. The molecule has 0 heterocycles. The number of nitro benzene ring substituents is 2. The number of nitro groups is 2. The molecule has 11 nitrogen and oxygen atoms in total. The molecule has 1 N–H and O–H groups in total. The van der Waals surface area contributed by atoms with Gasteiger partial charge in [-0.2, -0.15) is 5.10 Å². The van der Waals surface area contributed by atoms with Gasteiger partial charge in [-0.15, -0.1) is 0 Å². The van der Waals surface area contributed by atoms with Crippen molar-refractivity contribution < 1.29 is 24.1 Å². The van der Waals surface area contributed by atoms with Gasteiger partial charge in [0.05, 0.1) is 22.1 Å². The molecule has 3 aromatic carbocycles. The summed E-state index contributed by atoms with van der Waals surface area (Å²) in [5.41, 5.74) is 2.83. The number of benzene rings is 3. The number of nitrogens with one attached hydrogen (secondary N) is 1. The fraction of sp³-hybridized carbons (Fsp3) is 0.0909. The Bertz CT molecular complexity index is 1230. The lowest BCUT2D eigenvalue weighted by Crippen LogP contribution is -2.24. The van der Waals surface area contributed by atoms with Crippen molar-refractivity contribution in [3.63, 3.8) is 0 Å².